The largest absolute Gasteiger partial charge is 0.321 e. The van der Waals surface area contributed by atoms with Crippen LogP contribution in [0, 0.1) is 0 Å². The van der Waals surface area contributed by atoms with Crippen LogP contribution in [0.5, 0.6) is 0 Å². The highest BCUT2D eigenvalue weighted by Crippen LogP contribution is 2.26. The molecule has 0 unspecified atom stereocenters. The second-order valence-corrected chi connectivity index (χ2v) is 5.16. The summed E-state index contributed by atoms with van der Waals surface area (Å²) < 4.78 is 0.838. The average molecular weight is 346 g/mol. The van der Waals surface area contributed by atoms with Gasteiger partial charge in [-0.25, -0.2) is 0 Å². The number of benzene rings is 1. The summed E-state index contributed by atoms with van der Waals surface area (Å²) in [4.78, 5) is 15.8. The number of halogens is 3. The standard InChI is InChI=1S/C12H7BrCl2N2O/c13-7-1-2-11(10(15)5-7)17-12(18)8-6-16-4-3-9(8)14/h1-6H,(H,17,18). The number of carbonyl (C=O) groups is 1. The minimum absolute atomic E-state index is 0.304. The van der Waals surface area contributed by atoms with Crippen LogP contribution in [0.4, 0.5) is 5.69 Å². The normalized spacial score (nSPS) is 10.2. The molecular weight excluding hydrogens is 339 g/mol. The Morgan fingerprint density at radius 2 is 2.00 bits per heavy atom. The third-order valence-corrected chi connectivity index (χ3v) is 3.33. The molecule has 0 aliphatic rings. The molecule has 3 nitrogen and oxygen atoms in total. The SMILES string of the molecule is O=C(Nc1ccc(Br)cc1Cl)c1cnccc1Cl. The van der Waals surface area contributed by atoms with E-state index in [1.54, 1.807) is 24.3 Å². The van der Waals surface area contributed by atoms with Crippen LogP contribution < -0.4 is 5.32 Å². The van der Waals surface area contributed by atoms with Gasteiger partial charge < -0.3 is 5.32 Å². The summed E-state index contributed by atoms with van der Waals surface area (Å²) in [6, 6.07) is 6.74. The zero-order chi connectivity index (χ0) is 13.1. The fourth-order valence-corrected chi connectivity index (χ4v) is 2.24. The predicted octanol–water partition coefficient (Wildman–Crippen LogP) is 4.40. The zero-order valence-electron chi connectivity index (χ0n) is 8.95. The number of rotatable bonds is 2. The molecule has 0 fully saturated rings. The fraction of sp³-hybridized carbons (Fsp3) is 0. The quantitative estimate of drug-likeness (QED) is 0.876. The van der Waals surface area contributed by atoms with Crippen molar-refractivity contribution in [2.24, 2.45) is 0 Å². The van der Waals surface area contributed by atoms with Gasteiger partial charge in [0.1, 0.15) is 0 Å². The van der Waals surface area contributed by atoms with Crippen LogP contribution in [0.15, 0.2) is 41.1 Å². The molecule has 92 valence electrons. The highest BCUT2D eigenvalue weighted by atomic mass is 79.9. The van der Waals surface area contributed by atoms with Crippen molar-refractivity contribution in [1.82, 2.24) is 4.98 Å². The molecule has 0 saturated carbocycles. The van der Waals surface area contributed by atoms with E-state index in [-0.39, 0.29) is 5.91 Å². The van der Waals surface area contributed by atoms with E-state index in [2.05, 4.69) is 26.2 Å². The molecule has 1 heterocycles. The summed E-state index contributed by atoms with van der Waals surface area (Å²) in [6.45, 7) is 0. The molecule has 0 aliphatic carbocycles. The second kappa shape index (κ2) is 5.69. The van der Waals surface area contributed by atoms with Crippen molar-refractivity contribution in [2.75, 3.05) is 5.32 Å². The lowest BCUT2D eigenvalue weighted by Gasteiger charge is -2.08. The monoisotopic (exact) mass is 344 g/mol. The van der Waals surface area contributed by atoms with Crippen molar-refractivity contribution in [3.8, 4) is 0 Å². The Bertz CT molecular complexity index is 604. The van der Waals surface area contributed by atoms with Gasteiger partial charge in [-0.15, -0.1) is 0 Å². The van der Waals surface area contributed by atoms with Crippen molar-refractivity contribution in [2.45, 2.75) is 0 Å². The molecule has 0 radical (unpaired) electrons. The predicted molar refractivity (Wildman–Crippen MR) is 76.4 cm³/mol. The molecule has 1 amide bonds. The third kappa shape index (κ3) is 3.02. The van der Waals surface area contributed by atoms with E-state index in [4.69, 9.17) is 23.2 Å². The Morgan fingerprint density at radius 3 is 2.67 bits per heavy atom. The summed E-state index contributed by atoms with van der Waals surface area (Å²) in [7, 11) is 0. The van der Waals surface area contributed by atoms with Crippen LogP contribution >= 0.6 is 39.1 Å². The number of nitrogens with one attached hydrogen (secondary N) is 1. The molecule has 1 aromatic heterocycles. The van der Waals surface area contributed by atoms with Gasteiger partial charge in [0.25, 0.3) is 5.91 Å². The Balaban J connectivity index is 2.24. The van der Waals surface area contributed by atoms with Gasteiger partial charge in [0.15, 0.2) is 0 Å². The van der Waals surface area contributed by atoms with E-state index < -0.39 is 0 Å². The number of aromatic nitrogens is 1. The van der Waals surface area contributed by atoms with Gasteiger partial charge >= 0.3 is 0 Å². The Morgan fingerprint density at radius 1 is 1.22 bits per heavy atom. The number of nitrogens with zero attached hydrogens (tertiary/aromatic N) is 1. The smallest absolute Gasteiger partial charge is 0.258 e. The molecule has 6 heteroatoms. The van der Waals surface area contributed by atoms with Crippen molar-refractivity contribution < 1.29 is 4.79 Å². The minimum atomic E-state index is -0.350. The molecule has 0 atom stereocenters. The molecule has 0 saturated heterocycles. The zero-order valence-corrected chi connectivity index (χ0v) is 12.1. The number of hydrogen-bond acceptors (Lipinski definition) is 2. The number of anilines is 1. The van der Waals surface area contributed by atoms with Crippen molar-refractivity contribution >= 4 is 50.7 Å². The highest BCUT2D eigenvalue weighted by molar-refractivity contribution is 9.10. The van der Waals surface area contributed by atoms with E-state index in [0.29, 0.717) is 21.3 Å². The summed E-state index contributed by atoms with van der Waals surface area (Å²) >= 11 is 15.2. The van der Waals surface area contributed by atoms with Crippen LogP contribution in [0.1, 0.15) is 10.4 Å². The van der Waals surface area contributed by atoms with E-state index in [1.807, 2.05) is 0 Å². The highest BCUT2D eigenvalue weighted by Gasteiger charge is 2.12. The van der Waals surface area contributed by atoms with Crippen molar-refractivity contribution in [1.29, 1.82) is 0 Å². The van der Waals surface area contributed by atoms with E-state index in [0.717, 1.165) is 4.47 Å². The third-order valence-electron chi connectivity index (χ3n) is 2.19. The first-order valence-corrected chi connectivity index (χ1v) is 6.49. The van der Waals surface area contributed by atoms with Gasteiger partial charge in [-0.2, -0.15) is 0 Å². The maximum atomic E-state index is 12.0. The molecule has 0 spiro atoms. The van der Waals surface area contributed by atoms with Crippen LogP contribution in [0.25, 0.3) is 0 Å². The Labute approximate surface area is 122 Å². The summed E-state index contributed by atoms with van der Waals surface area (Å²) in [5.41, 5.74) is 0.822. The molecule has 2 aromatic rings. The maximum absolute atomic E-state index is 12.0. The molecule has 1 aromatic carbocycles. The van der Waals surface area contributed by atoms with Gasteiger partial charge in [-0.3, -0.25) is 9.78 Å². The van der Waals surface area contributed by atoms with Gasteiger partial charge in [0, 0.05) is 16.9 Å². The lowest BCUT2D eigenvalue weighted by atomic mass is 10.2. The lowest BCUT2D eigenvalue weighted by molar-refractivity contribution is 0.102. The molecule has 18 heavy (non-hydrogen) atoms. The van der Waals surface area contributed by atoms with Crippen LogP contribution in [-0.4, -0.2) is 10.9 Å². The van der Waals surface area contributed by atoms with E-state index in [1.165, 1.54) is 12.4 Å². The van der Waals surface area contributed by atoms with E-state index in [9.17, 15) is 4.79 Å². The first kappa shape index (κ1) is 13.3. The second-order valence-electron chi connectivity index (χ2n) is 3.43. The average Bonchev–Trinajstić information content (AvgIpc) is 2.33. The van der Waals surface area contributed by atoms with Gasteiger partial charge in [-0.1, -0.05) is 39.1 Å². The summed E-state index contributed by atoms with van der Waals surface area (Å²) in [6.07, 6.45) is 2.93. The maximum Gasteiger partial charge on any atom is 0.258 e. The van der Waals surface area contributed by atoms with Crippen LogP contribution in [0.2, 0.25) is 10.0 Å². The van der Waals surface area contributed by atoms with Crippen LogP contribution in [0.3, 0.4) is 0 Å². The van der Waals surface area contributed by atoms with Crippen molar-refractivity contribution in [3.63, 3.8) is 0 Å². The number of pyridine rings is 1. The summed E-state index contributed by atoms with van der Waals surface area (Å²) in [5.74, 6) is -0.350. The topological polar surface area (TPSA) is 42.0 Å². The molecule has 2 rings (SSSR count). The number of amides is 1. The molecule has 0 bridgehead atoms. The molecule has 0 aliphatic heterocycles. The van der Waals surface area contributed by atoms with Crippen LogP contribution in [-0.2, 0) is 0 Å². The fourth-order valence-electron chi connectivity index (χ4n) is 1.33. The van der Waals surface area contributed by atoms with Crippen molar-refractivity contribution in [3.05, 3.63) is 56.7 Å². The van der Waals surface area contributed by atoms with Gasteiger partial charge in [-0.05, 0) is 24.3 Å². The minimum Gasteiger partial charge on any atom is -0.321 e. The first-order chi connectivity index (χ1) is 8.58. The molecule has 1 N–H and O–H groups in total. The Kier molecular flexibility index (Phi) is 4.22. The van der Waals surface area contributed by atoms with Gasteiger partial charge in [0.2, 0.25) is 0 Å². The lowest BCUT2D eigenvalue weighted by Crippen LogP contribution is -2.13. The number of hydrogen-bond donors (Lipinski definition) is 1. The number of carbonyl (C=O) groups excluding carboxylic acids is 1. The van der Waals surface area contributed by atoms with E-state index >= 15 is 0 Å². The molecular formula is C12H7BrCl2N2O. The first-order valence-electron chi connectivity index (χ1n) is 4.94. The van der Waals surface area contributed by atoms with Gasteiger partial charge in [0.05, 0.1) is 21.3 Å². The Hall–Kier alpha value is -1.10. The summed E-state index contributed by atoms with van der Waals surface area (Å²) in [5, 5.41) is 3.46.